The van der Waals surface area contributed by atoms with E-state index in [9.17, 15) is 14.0 Å². The molecular weight excluding hydrogens is 447 g/mol. The lowest BCUT2D eigenvalue weighted by atomic mass is 10.2. The highest BCUT2D eigenvalue weighted by Gasteiger charge is 2.24. The van der Waals surface area contributed by atoms with Crippen LogP contribution in [0.25, 0.3) is 10.2 Å². The first-order valence-corrected chi connectivity index (χ1v) is 12.7. The zero-order valence-electron chi connectivity index (χ0n) is 18.0. The van der Waals surface area contributed by atoms with Crippen LogP contribution in [0.15, 0.2) is 34.2 Å². The molecular formula is C23H25FN4O2S2. The molecule has 1 fully saturated rings. The van der Waals surface area contributed by atoms with Crippen molar-refractivity contribution in [3.63, 3.8) is 0 Å². The molecule has 168 valence electrons. The van der Waals surface area contributed by atoms with Gasteiger partial charge in [0.25, 0.3) is 5.56 Å². The summed E-state index contributed by atoms with van der Waals surface area (Å²) in [5.74, 6) is 0.113. The van der Waals surface area contributed by atoms with Crippen molar-refractivity contribution in [2.75, 3.05) is 31.9 Å². The van der Waals surface area contributed by atoms with Crippen molar-refractivity contribution >= 4 is 39.2 Å². The third-order valence-corrected chi connectivity index (χ3v) is 8.51. The molecule has 1 aliphatic heterocycles. The fraction of sp³-hybridized carbons (Fsp3) is 0.435. The molecule has 5 rings (SSSR count). The fourth-order valence-corrected chi connectivity index (χ4v) is 6.65. The highest BCUT2D eigenvalue weighted by molar-refractivity contribution is 7.99. The molecule has 1 amide bonds. The Kier molecular flexibility index (Phi) is 6.05. The van der Waals surface area contributed by atoms with Gasteiger partial charge >= 0.3 is 0 Å². The van der Waals surface area contributed by atoms with Crippen LogP contribution in [0, 0.1) is 5.82 Å². The molecule has 0 saturated carbocycles. The number of amides is 1. The van der Waals surface area contributed by atoms with Crippen molar-refractivity contribution in [3.8, 4) is 0 Å². The van der Waals surface area contributed by atoms with Crippen LogP contribution in [-0.4, -0.2) is 57.2 Å². The van der Waals surface area contributed by atoms with E-state index >= 15 is 0 Å². The molecule has 0 spiro atoms. The highest BCUT2D eigenvalue weighted by atomic mass is 32.2. The van der Waals surface area contributed by atoms with Gasteiger partial charge < -0.3 is 4.90 Å². The average Bonchev–Trinajstić information content (AvgIpc) is 3.38. The van der Waals surface area contributed by atoms with Crippen LogP contribution < -0.4 is 5.56 Å². The second-order valence-corrected chi connectivity index (χ2v) is 10.4. The van der Waals surface area contributed by atoms with Gasteiger partial charge in [-0.3, -0.25) is 19.1 Å². The predicted octanol–water partition coefficient (Wildman–Crippen LogP) is 3.06. The van der Waals surface area contributed by atoms with Gasteiger partial charge in [0, 0.05) is 50.2 Å². The normalized spacial score (nSPS) is 16.6. The van der Waals surface area contributed by atoms with Crippen LogP contribution in [0.1, 0.15) is 22.4 Å². The number of piperazine rings is 1. The van der Waals surface area contributed by atoms with Crippen LogP contribution in [0.3, 0.4) is 0 Å². The van der Waals surface area contributed by atoms with Crippen LogP contribution in [0.2, 0.25) is 0 Å². The number of thiophene rings is 1. The van der Waals surface area contributed by atoms with E-state index < -0.39 is 0 Å². The van der Waals surface area contributed by atoms with E-state index in [1.807, 2.05) is 11.0 Å². The Morgan fingerprint density at radius 3 is 2.75 bits per heavy atom. The minimum absolute atomic E-state index is 0.00823. The summed E-state index contributed by atoms with van der Waals surface area (Å²) in [4.78, 5) is 36.5. The molecule has 0 unspecified atom stereocenters. The van der Waals surface area contributed by atoms with Crippen LogP contribution in [0.5, 0.6) is 0 Å². The summed E-state index contributed by atoms with van der Waals surface area (Å²) in [5, 5.41) is 1.36. The summed E-state index contributed by atoms with van der Waals surface area (Å²) in [6.45, 7) is 3.23. The lowest BCUT2D eigenvalue weighted by Gasteiger charge is -2.34. The Bertz CT molecular complexity index is 1230. The Labute approximate surface area is 194 Å². The molecule has 2 aromatic heterocycles. The van der Waals surface area contributed by atoms with Gasteiger partial charge in [-0.25, -0.2) is 9.37 Å². The van der Waals surface area contributed by atoms with Crippen molar-refractivity contribution in [2.24, 2.45) is 7.05 Å². The Morgan fingerprint density at radius 2 is 1.97 bits per heavy atom. The number of rotatable bonds is 5. The molecule has 0 N–H and O–H groups in total. The molecule has 3 heterocycles. The van der Waals surface area contributed by atoms with Gasteiger partial charge in [-0.15, -0.1) is 11.3 Å². The maximum absolute atomic E-state index is 13.9. The maximum Gasteiger partial charge on any atom is 0.262 e. The van der Waals surface area contributed by atoms with E-state index in [2.05, 4.69) is 4.90 Å². The Morgan fingerprint density at radius 1 is 1.19 bits per heavy atom. The molecule has 6 nitrogen and oxygen atoms in total. The number of aromatic nitrogens is 2. The molecule has 0 atom stereocenters. The van der Waals surface area contributed by atoms with Gasteiger partial charge in [0.15, 0.2) is 5.16 Å². The first kappa shape index (κ1) is 21.6. The first-order chi connectivity index (χ1) is 15.5. The third kappa shape index (κ3) is 4.09. The van der Waals surface area contributed by atoms with E-state index in [-0.39, 0.29) is 23.0 Å². The van der Waals surface area contributed by atoms with Crippen molar-refractivity contribution in [2.45, 2.75) is 31.0 Å². The molecule has 2 aliphatic rings. The Balaban J connectivity index is 1.20. The number of thioether (sulfide) groups is 1. The summed E-state index contributed by atoms with van der Waals surface area (Å²) in [6.07, 6.45) is 3.10. The van der Waals surface area contributed by atoms with E-state index in [1.54, 1.807) is 35.1 Å². The van der Waals surface area contributed by atoms with Crippen LogP contribution in [0.4, 0.5) is 4.39 Å². The molecule has 1 aromatic carbocycles. The monoisotopic (exact) mass is 472 g/mol. The van der Waals surface area contributed by atoms with Gasteiger partial charge in [0.05, 0.1) is 11.1 Å². The van der Waals surface area contributed by atoms with E-state index in [4.69, 9.17) is 4.98 Å². The van der Waals surface area contributed by atoms with Gasteiger partial charge in [-0.05, 0) is 30.9 Å². The molecule has 0 bridgehead atoms. The zero-order chi connectivity index (χ0) is 22.2. The van der Waals surface area contributed by atoms with Gasteiger partial charge in [0.2, 0.25) is 5.91 Å². The topological polar surface area (TPSA) is 58.4 Å². The molecule has 32 heavy (non-hydrogen) atoms. The number of nitrogens with zero attached hydrogens (tertiary/aromatic N) is 4. The Hall–Kier alpha value is -2.23. The number of benzene rings is 1. The molecule has 9 heteroatoms. The zero-order valence-corrected chi connectivity index (χ0v) is 19.6. The van der Waals surface area contributed by atoms with Gasteiger partial charge in [0.1, 0.15) is 10.6 Å². The van der Waals surface area contributed by atoms with E-state index in [1.165, 1.54) is 28.3 Å². The predicted molar refractivity (Wildman–Crippen MR) is 126 cm³/mol. The van der Waals surface area contributed by atoms with Crippen LogP contribution in [-0.2, 0) is 31.2 Å². The summed E-state index contributed by atoms with van der Waals surface area (Å²) in [5.41, 5.74) is 1.86. The SMILES string of the molecule is Cn1c(SCC(=O)N2CCN(Cc3ccccc3F)CC2)nc2sc3c(c2c1=O)CCC3. The van der Waals surface area contributed by atoms with Crippen molar-refractivity contribution < 1.29 is 9.18 Å². The standard InChI is InChI=1S/C23H25FN4O2S2/c1-26-22(30)20-16-6-4-8-18(16)32-21(20)25-23(26)31-14-19(29)28-11-9-27(10-12-28)13-15-5-2-3-7-17(15)24/h2-3,5,7H,4,6,8-14H2,1H3. The lowest BCUT2D eigenvalue weighted by molar-refractivity contribution is -0.130. The summed E-state index contributed by atoms with van der Waals surface area (Å²) < 4.78 is 15.5. The lowest BCUT2D eigenvalue weighted by Crippen LogP contribution is -2.48. The quantitative estimate of drug-likeness (QED) is 0.422. The van der Waals surface area contributed by atoms with Crippen molar-refractivity contribution in [3.05, 3.63) is 56.4 Å². The van der Waals surface area contributed by atoms with E-state index in [0.29, 0.717) is 43.4 Å². The number of hydrogen-bond acceptors (Lipinski definition) is 6. The van der Waals surface area contributed by atoms with Gasteiger partial charge in [-0.1, -0.05) is 30.0 Å². The minimum atomic E-state index is -0.187. The van der Waals surface area contributed by atoms with Crippen LogP contribution >= 0.6 is 23.1 Å². The molecule has 1 aliphatic carbocycles. The second kappa shape index (κ2) is 8.96. The van der Waals surface area contributed by atoms with Gasteiger partial charge in [-0.2, -0.15) is 0 Å². The summed E-state index contributed by atoms with van der Waals surface area (Å²) in [6, 6.07) is 6.83. The van der Waals surface area contributed by atoms with Crippen molar-refractivity contribution in [1.29, 1.82) is 0 Å². The molecule has 0 radical (unpaired) electrons. The van der Waals surface area contributed by atoms with E-state index in [0.717, 1.165) is 29.5 Å². The number of hydrogen-bond donors (Lipinski definition) is 0. The number of halogens is 1. The summed E-state index contributed by atoms with van der Waals surface area (Å²) in [7, 11) is 1.74. The highest BCUT2D eigenvalue weighted by Crippen LogP contribution is 2.35. The number of fused-ring (bicyclic) bond motifs is 3. The smallest absolute Gasteiger partial charge is 0.262 e. The number of aryl methyl sites for hydroxylation is 2. The average molecular weight is 473 g/mol. The fourth-order valence-electron chi connectivity index (χ4n) is 4.48. The number of carbonyl (C=O) groups is 1. The molecule has 3 aromatic rings. The first-order valence-electron chi connectivity index (χ1n) is 10.9. The summed E-state index contributed by atoms with van der Waals surface area (Å²) >= 11 is 2.95. The minimum Gasteiger partial charge on any atom is -0.339 e. The second-order valence-electron chi connectivity index (χ2n) is 8.33. The molecule has 1 saturated heterocycles. The largest absolute Gasteiger partial charge is 0.339 e. The maximum atomic E-state index is 13.9. The third-order valence-electron chi connectivity index (χ3n) is 6.31. The number of carbonyl (C=O) groups excluding carboxylic acids is 1. The van der Waals surface area contributed by atoms with Crippen molar-refractivity contribution in [1.82, 2.24) is 19.4 Å².